The van der Waals surface area contributed by atoms with Crippen LogP contribution in [-0.2, 0) is 9.53 Å². The predicted octanol–water partition coefficient (Wildman–Crippen LogP) is 3.31. The molecule has 7 heteroatoms. The Balaban J connectivity index is 1.63. The van der Waals surface area contributed by atoms with E-state index in [-0.39, 0.29) is 11.9 Å². The molecule has 1 aliphatic heterocycles. The van der Waals surface area contributed by atoms with Crippen LogP contribution >= 0.6 is 11.6 Å². The van der Waals surface area contributed by atoms with Gasteiger partial charge >= 0.3 is 0 Å². The summed E-state index contributed by atoms with van der Waals surface area (Å²) in [7, 11) is 1.65. The number of rotatable bonds is 8. The van der Waals surface area contributed by atoms with Crippen LogP contribution in [0, 0.1) is 0 Å². The first-order chi connectivity index (χ1) is 14.1. The Hall–Kier alpha value is -2.28. The molecule has 0 saturated carbocycles. The van der Waals surface area contributed by atoms with Crippen LogP contribution in [0.4, 0.5) is 0 Å². The molecule has 1 fully saturated rings. The van der Waals surface area contributed by atoms with Crippen LogP contribution in [0.1, 0.15) is 18.5 Å². The molecule has 0 aliphatic carbocycles. The summed E-state index contributed by atoms with van der Waals surface area (Å²) >= 11 is 5.89. The second-order valence-corrected chi connectivity index (χ2v) is 7.33. The smallest absolute Gasteiger partial charge is 0.260 e. The van der Waals surface area contributed by atoms with Crippen molar-refractivity contribution in [3.63, 3.8) is 0 Å². The quantitative estimate of drug-likeness (QED) is 0.712. The van der Waals surface area contributed by atoms with E-state index < -0.39 is 6.10 Å². The van der Waals surface area contributed by atoms with Gasteiger partial charge in [0.05, 0.1) is 26.4 Å². The molecular formula is C22H27ClN2O4. The molecule has 1 aliphatic rings. The van der Waals surface area contributed by atoms with E-state index in [1.54, 1.807) is 38.3 Å². The highest BCUT2D eigenvalue weighted by Crippen LogP contribution is 2.24. The number of carbonyl (C=O) groups is 1. The SMILES string of the molecule is COc1ccc(C(CNC(=O)C(C)Oc2ccc(Cl)cc2)N2CCOCC2)cc1. The average molecular weight is 419 g/mol. The van der Waals surface area contributed by atoms with Gasteiger partial charge in [-0.1, -0.05) is 23.7 Å². The van der Waals surface area contributed by atoms with E-state index in [9.17, 15) is 4.79 Å². The van der Waals surface area contributed by atoms with Crippen LogP contribution in [-0.4, -0.2) is 56.9 Å². The Morgan fingerprint density at radius 2 is 1.72 bits per heavy atom. The first kappa shape index (κ1) is 21.4. The number of morpholine rings is 1. The van der Waals surface area contributed by atoms with Gasteiger partial charge in [-0.3, -0.25) is 9.69 Å². The highest BCUT2D eigenvalue weighted by atomic mass is 35.5. The van der Waals surface area contributed by atoms with E-state index >= 15 is 0 Å². The highest BCUT2D eigenvalue weighted by Gasteiger charge is 2.24. The summed E-state index contributed by atoms with van der Waals surface area (Å²) < 4.78 is 16.5. The zero-order chi connectivity index (χ0) is 20.6. The number of hydrogen-bond acceptors (Lipinski definition) is 5. The fourth-order valence-corrected chi connectivity index (χ4v) is 3.41. The normalized spacial score (nSPS) is 16.7. The van der Waals surface area contributed by atoms with Crippen molar-refractivity contribution in [1.29, 1.82) is 0 Å². The summed E-state index contributed by atoms with van der Waals surface area (Å²) in [6.07, 6.45) is -0.614. The number of hydrogen-bond donors (Lipinski definition) is 1. The molecule has 2 atom stereocenters. The summed E-state index contributed by atoms with van der Waals surface area (Å²) in [5, 5.41) is 3.66. The van der Waals surface area contributed by atoms with Gasteiger partial charge in [-0.05, 0) is 48.9 Å². The van der Waals surface area contributed by atoms with Crippen molar-refractivity contribution in [2.75, 3.05) is 40.0 Å². The Morgan fingerprint density at radius 1 is 1.10 bits per heavy atom. The molecule has 0 aromatic heterocycles. The topological polar surface area (TPSA) is 60.0 Å². The van der Waals surface area contributed by atoms with Crippen molar-refractivity contribution in [2.24, 2.45) is 0 Å². The Labute approximate surface area is 176 Å². The molecular weight excluding hydrogens is 392 g/mol. The first-order valence-electron chi connectivity index (χ1n) is 9.72. The van der Waals surface area contributed by atoms with E-state index in [1.165, 1.54) is 0 Å². The maximum absolute atomic E-state index is 12.6. The number of nitrogens with zero attached hydrogens (tertiary/aromatic N) is 1. The molecule has 2 aromatic rings. The fraction of sp³-hybridized carbons (Fsp3) is 0.409. The molecule has 0 spiro atoms. The Bertz CT molecular complexity index is 776. The van der Waals surface area contributed by atoms with E-state index in [1.807, 2.05) is 24.3 Å². The van der Waals surface area contributed by atoms with Crippen LogP contribution in [0.5, 0.6) is 11.5 Å². The summed E-state index contributed by atoms with van der Waals surface area (Å²) in [6, 6.07) is 15.0. The van der Waals surface area contributed by atoms with Crippen LogP contribution < -0.4 is 14.8 Å². The van der Waals surface area contributed by atoms with Crippen molar-refractivity contribution in [2.45, 2.75) is 19.1 Å². The molecule has 1 heterocycles. The number of methoxy groups -OCH3 is 1. The molecule has 0 radical (unpaired) electrons. The summed E-state index contributed by atoms with van der Waals surface area (Å²) in [5.74, 6) is 1.26. The summed E-state index contributed by atoms with van der Waals surface area (Å²) in [6.45, 7) is 5.25. The average Bonchev–Trinajstić information content (AvgIpc) is 2.76. The molecule has 3 rings (SSSR count). The number of amides is 1. The number of carbonyl (C=O) groups excluding carboxylic acids is 1. The van der Waals surface area contributed by atoms with Gasteiger partial charge in [0.2, 0.25) is 0 Å². The molecule has 6 nitrogen and oxygen atoms in total. The van der Waals surface area contributed by atoms with Crippen LogP contribution in [0.3, 0.4) is 0 Å². The van der Waals surface area contributed by atoms with E-state index in [4.69, 9.17) is 25.8 Å². The zero-order valence-corrected chi connectivity index (χ0v) is 17.5. The third-order valence-corrected chi connectivity index (χ3v) is 5.20. The van der Waals surface area contributed by atoms with Crippen molar-refractivity contribution >= 4 is 17.5 Å². The van der Waals surface area contributed by atoms with Crippen LogP contribution in [0.25, 0.3) is 0 Å². The van der Waals surface area contributed by atoms with Crippen LogP contribution in [0.2, 0.25) is 5.02 Å². The van der Waals surface area contributed by atoms with Crippen molar-refractivity contribution in [3.8, 4) is 11.5 Å². The summed E-state index contributed by atoms with van der Waals surface area (Å²) in [4.78, 5) is 14.9. The molecule has 2 unspecified atom stereocenters. The molecule has 156 valence electrons. The zero-order valence-electron chi connectivity index (χ0n) is 16.8. The van der Waals surface area contributed by atoms with Crippen molar-refractivity contribution in [3.05, 3.63) is 59.1 Å². The Morgan fingerprint density at radius 3 is 2.34 bits per heavy atom. The van der Waals surface area contributed by atoms with Crippen LogP contribution in [0.15, 0.2) is 48.5 Å². The third-order valence-electron chi connectivity index (χ3n) is 4.95. The lowest BCUT2D eigenvalue weighted by Gasteiger charge is -2.35. The lowest BCUT2D eigenvalue weighted by Crippen LogP contribution is -2.45. The minimum Gasteiger partial charge on any atom is -0.497 e. The predicted molar refractivity (Wildman–Crippen MR) is 113 cm³/mol. The molecule has 1 saturated heterocycles. The lowest BCUT2D eigenvalue weighted by atomic mass is 10.0. The minimum atomic E-state index is -0.614. The number of nitrogens with one attached hydrogen (secondary N) is 1. The molecule has 1 amide bonds. The van der Waals surface area contributed by atoms with Gasteiger partial charge in [-0.25, -0.2) is 0 Å². The van der Waals surface area contributed by atoms with E-state index in [0.29, 0.717) is 30.5 Å². The standard InChI is InChI=1S/C22H27ClN2O4/c1-16(29-20-9-5-18(23)6-10-20)22(26)24-15-21(25-11-13-28-14-12-25)17-3-7-19(27-2)8-4-17/h3-10,16,21H,11-15H2,1-2H3,(H,24,26). The molecule has 29 heavy (non-hydrogen) atoms. The highest BCUT2D eigenvalue weighted by molar-refractivity contribution is 6.30. The Kier molecular flexibility index (Phi) is 7.75. The fourth-order valence-electron chi connectivity index (χ4n) is 3.28. The number of ether oxygens (including phenoxy) is 3. The van der Waals surface area contributed by atoms with Gasteiger partial charge in [-0.15, -0.1) is 0 Å². The van der Waals surface area contributed by atoms with Crippen molar-refractivity contribution in [1.82, 2.24) is 10.2 Å². The van der Waals surface area contributed by atoms with Gasteiger partial charge in [0.25, 0.3) is 5.91 Å². The first-order valence-corrected chi connectivity index (χ1v) is 10.1. The van der Waals surface area contributed by atoms with Gasteiger partial charge in [-0.2, -0.15) is 0 Å². The van der Waals surface area contributed by atoms with E-state index in [2.05, 4.69) is 10.2 Å². The monoisotopic (exact) mass is 418 g/mol. The van der Waals surface area contributed by atoms with Gasteiger partial charge in [0.15, 0.2) is 6.10 Å². The minimum absolute atomic E-state index is 0.0523. The molecule has 0 bridgehead atoms. The van der Waals surface area contributed by atoms with Gasteiger partial charge in [0.1, 0.15) is 11.5 Å². The largest absolute Gasteiger partial charge is 0.497 e. The maximum Gasteiger partial charge on any atom is 0.260 e. The number of benzene rings is 2. The van der Waals surface area contributed by atoms with Crippen molar-refractivity contribution < 1.29 is 19.0 Å². The maximum atomic E-state index is 12.6. The third kappa shape index (κ3) is 6.10. The summed E-state index contributed by atoms with van der Waals surface area (Å²) in [5.41, 5.74) is 1.12. The van der Waals surface area contributed by atoms with Gasteiger partial charge in [0, 0.05) is 24.7 Å². The second-order valence-electron chi connectivity index (χ2n) is 6.90. The lowest BCUT2D eigenvalue weighted by molar-refractivity contribution is -0.127. The number of halogens is 1. The molecule has 2 aromatic carbocycles. The molecule has 1 N–H and O–H groups in total. The van der Waals surface area contributed by atoms with E-state index in [0.717, 1.165) is 24.4 Å². The second kappa shape index (κ2) is 10.5. The van der Waals surface area contributed by atoms with Gasteiger partial charge < -0.3 is 19.5 Å².